The molecule has 2 rings (SSSR count). The fraction of sp³-hybridized carbons (Fsp3) is 0.571. The summed E-state index contributed by atoms with van der Waals surface area (Å²) in [7, 11) is 0. The van der Waals surface area contributed by atoms with E-state index in [1.807, 2.05) is 6.92 Å². The van der Waals surface area contributed by atoms with Crippen molar-refractivity contribution in [2.45, 2.75) is 44.6 Å². The summed E-state index contributed by atoms with van der Waals surface area (Å²) in [6, 6.07) is 5.78. The molecule has 1 heterocycles. The van der Waals surface area contributed by atoms with Crippen LogP contribution in [0.1, 0.15) is 30.9 Å². The number of halogens is 3. The third-order valence-electron chi connectivity index (χ3n) is 3.33. The van der Waals surface area contributed by atoms with E-state index in [1.54, 1.807) is 6.07 Å². The molecule has 2 atom stereocenters. The van der Waals surface area contributed by atoms with E-state index >= 15 is 0 Å². The summed E-state index contributed by atoms with van der Waals surface area (Å²) < 4.78 is 43.2. The van der Waals surface area contributed by atoms with Crippen LogP contribution < -0.4 is 5.32 Å². The smallest absolute Gasteiger partial charge is 0.378 e. The van der Waals surface area contributed by atoms with Crippen LogP contribution in [-0.2, 0) is 17.5 Å². The second kappa shape index (κ2) is 5.92. The van der Waals surface area contributed by atoms with Crippen molar-refractivity contribution in [3.05, 3.63) is 35.4 Å². The van der Waals surface area contributed by atoms with Gasteiger partial charge in [-0.25, -0.2) is 0 Å². The molecule has 0 saturated carbocycles. The first-order valence-electron chi connectivity index (χ1n) is 6.46. The Kier molecular flexibility index (Phi) is 4.47. The molecule has 1 fully saturated rings. The molecule has 0 bridgehead atoms. The van der Waals surface area contributed by atoms with Gasteiger partial charge in [-0.15, -0.1) is 0 Å². The summed E-state index contributed by atoms with van der Waals surface area (Å²) in [4.78, 5) is 0. The average molecular weight is 273 g/mol. The van der Waals surface area contributed by atoms with E-state index in [-0.39, 0.29) is 6.10 Å². The van der Waals surface area contributed by atoms with Crippen LogP contribution >= 0.6 is 0 Å². The van der Waals surface area contributed by atoms with Crippen molar-refractivity contribution >= 4 is 0 Å². The van der Waals surface area contributed by atoms with Gasteiger partial charge in [0.25, 0.3) is 0 Å². The first-order chi connectivity index (χ1) is 8.95. The predicted octanol–water partition coefficient (Wildman–Crippen LogP) is 3.36. The first kappa shape index (κ1) is 14.3. The van der Waals surface area contributed by atoms with Crippen molar-refractivity contribution in [3.63, 3.8) is 0 Å². The molecule has 19 heavy (non-hydrogen) atoms. The maximum Gasteiger partial charge on any atom is 0.416 e. The van der Waals surface area contributed by atoms with Gasteiger partial charge in [-0.05, 0) is 31.4 Å². The average Bonchev–Trinajstić information content (AvgIpc) is 2.36. The zero-order chi connectivity index (χ0) is 13.9. The van der Waals surface area contributed by atoms with Crippen LogP contribution in [0.3, 0.4) is 0 Å². The number of alkyl halides is 3. The highest BCUT2D eigenvalue weighted by atomic mass is 19.4. The van der Waals surface area contributed by atoms with Crippen molar-refractivity contribution in [2.24, 2.45) is 0 Å². The fourth-order valence-corrected chi connectivity index (χ4v) is 2.30. The standard InChI is InChI=1S/C14H18F3NO/c1-10-7-13(5-6-19-10)18-9-11-3-2-4-12(8-11)14(15,16)17/h2-4,8,10,13,18H,5-7,9H2,1H3. The molecule has 1 aliphatic rings. The highest BCUT2D eigenvalue weighted by Crippen LogP contribution is 2.29. The summed E-state index contributed by atoms with van der Waals surface area (Å²) in [5.41, 5.74) is 0.0705. The zero-order valence-corrected chi connectivity index (χ0v) is 10.8. The maximum absolute atomic E-state index is 12.6. The third-order valence-corrected chi connectivity index (χ3v) is 3.33. The van der Waals surface area contributed by atoms with Gasteiger partial charge >= 0.3 is 6.18 Å². The van der Waals surface area contributed by atoms with Crippen LogP contribution in [0.4, 0.5) is 13.2 Å². The Labute approximate surface area is 111 Å². The van der Waals surface area contributed by atoms with Gasteiger partial charge in [0.15, 0.2) is 0 Å². The van der Waals surface area contributed by atoms with Gasteiger partial charge in [0.2, 0.25) is 0 Å². The van der Waals surface area contributed by atoms with E-state index in [0.717, 1.165) is 18.9 Å². The van der Waals surface area contributed by atoms with Gasteiger partial charge < -0.3 is 10.1 Å². The summed E-state index contributed by atoms with van der Waals surface area (Å²) in [6.07, 6.45) is -2.25. The molecule has 0 aliphatic carbocycles. The van der Waals surface area contributed by atoms with Crippen LogP contribution in [0.5, 0.6) is 0 Å². The lowest BCUT2D eigenvalue weighted by atomic mass is 10.0. The van der Waals surface area contributed by atoms with Crippen LogP contribution in [-0.4, -0.2) is 18.8 Å². The normalized spacial score (nSPS) is 24.4. The Morgan fingerprint density at radius 3 is 2.84 bits per heavy atom. The van der Waals surface area contributed by atoms with Crippen LogP contribution in [0.15, 0.2) is 24.3 Å². The molecule has 0 spiro atoms. The summed E-state index contributed by atoms with van der Waals surface area (Å²) >= 11 is 0. The molecule has 1 aromatic rings. The topological polar surface area (TPSA) is 21.3 Å². The van der Waals surface area contributed by atoms with E-state index in [9.17, 15) is 13.2 Å². The van der Waals surface area contributed by atoms with Gasteiger partial charge in [-0.2, -0.15) is 13.2 Å². The molecule has 1 aliphatic heterocycles. The Bertz CT molecular complexity index is 419. The van der Waals surface area contributed by atoms with Gasteiger partial charge in [0.1, 0.15) is 0 Å². The predicted molar refractivity (Wildman–Crippen MR) is 66.7 cm³/mol. The number of rotatable bonds is 3. The number of nitrogens with one attached hydrogen (secondary N) is 1. The molecule has 2 unspecified atom stereocenters. The highest BCUT2D eigenvalue weighted by Gasteiger charge is 2.30. The lowest BCUT2D eigenvalue weighted by Crippen LogP contribution is -2.37. The van der Waals surface area contributed by atoms with Gasteiger partial charge in [0, 0.05) is 19.2 Å². The number of hydrogen-bond donors (Lipinski definition) is 1. The Balaban J connectivity index is 1.92. The largest absolute Gasteiger partial charge is 0.416 e. The molecule has 1 saturated heterocycles. The molecular weight excluding hydrogens is 255 g/mol. The minimum Gasteiger partial charge on any atom is -0.378 e. The summed E-state index contributed by atoms with van der Waals surface area (Å²) in [5, 5.41) is 3.30. The molecule has 5 heteroatoms. The number of ether oxygens (including phenoxy) is 1. The summed E-state index contributed by atoms with van der Waals surface area (Å²) in [5.74, 6) is 0. The molecule has 0 amide bonds. The third kappa shape index (κ3) is 4.21. The van der Waals surface area contributed by atoms with Gasteiger partial charge in [0.05, 0.1) is 11.7 Å². The molecule has 1 aromatic carbocycles. The van der Waals surface area contributed by atoms with Crippen molar-refractivity contribution in [3.8, 4) is 0 Å². The lowest BCUT2D eigenvalue weighted by Gasteiger charge is -2.28. The zero-order valence-electron chi connectivity index (χ0n) is 10.8. The number of benzene rings is 1. The van der Waals surface area contributed by atoms with Crippen LogP contribution in [0, 0.1) is 0 Å². The van der Waals surface area contributed by atoms with Gasteiger partial charge in [-0.3, -0.25) is 0 Å². The second-order valence-electron chi connectivity index (χ2n) is 4.98. The molecule has 106 valence electrons. The maximum atomic E-state index is 12.6. The number of hydrogen-bond acceptors (Lipinski definition) is 2. The molecule has 0 radical (unpaired) electrons. The van der Waals surface area contributed by atoms with Crippen LogP contribution in [0.25, 0.3) is 0 Å². The SMILES string of the molecule is CC1CC(NCc2cccc(C(F)(F)F)c2)CCO1. The highest BCUT2D eigenvalue weighted by molar-refractivity contribution is 5.25. The van der Waals surface area contributed by atoms with E-state index < -0.39 is 11.7 Å². The molecule has 1 N–H and O–H groups in total. The Hall–Kier alpha value is -1.07. The van der Waals surface area contributed by atoms with E-state index in [2.05, 4.69) is 5.32 Å². The molecule has 0 aromatic heterocycles. The first-order valence-corrected chi connectivity index (χ1v) is 6.46. The Morgan fingerprint density at radius 1 is 1.37 bits per heavy atom. The van der Waals surface area contributed by atoms with Crippen LogP contribution in [0.2, 0.25) is 0 Å². The minimum absolute atomic E-state index is 0.216. The quantitative estimate of drug-likeness (QED) is 0.911. The Morgan fingerprint density at radius 2 is 2.16 bits per heavy atom. The van der Waals surface area contributed by atoms with Gasteiger partial charge in [-0.1, -0.05) is 18.2 Å². The monoisotopic (exact) mass is 273 g/mol. The second-order valence-corrected chi connectivity index (χ2v) is 4.98. The lowest BCUT2D eigenvalue weighted by molar-refractivity contribution is -0.137. The molecule has 2 nitrogen and oxygen atoms in total. The van der Waals surface area contributed by atoms with Crippen molar-refractivity contribution in [2.75, 3.05) is 6.61 Å². The van der Waals surface area contributed by atoms with E-state index in [4.69, 9.17) is 4.74 Å². The van der Waals surface area contributed by atoms with E-state index in [1.165, 1.54) is 12.1 Å². The summed E-state index contributed by atoms with van der Waals surface area (Å²) in [6.45, 7) is 3.18. The van der Waals surface area contributed by atoms with E-state index in [0.29, 0.717) is 24.8 Å². The van der Waals surface area contributed by atoms with Crippen molar-refractivity contribution in [1.29, 1.82) is 0 Å². The van der Waals surface area contributed by atoms with Crippen molar-refractivity contribution in [1.82, 2.24) is 5.32 Å². The fourth-order valence-electron chi connectivity index (χ4n) is 2.30. The minimum atomic E-state index is -4.27. The van der Waals surface area contributed by atoms with Crippen molar-refractivity contribution < 1.29 is 17.9 Å². The molecular formula is C14H18F3NO.